The summed E-state index contributed by atoms with van der Waals surface area (Å²) >= 11 is 5.69. The third kappa shape index (κ3) is 2.65. The normalized spacial score (nSPS) is 19.9. The van der Waals surface area contributed by atoms with Crippen LogP contribution in [-0.4, -0.2) is 30.4 Å². The van der Waals surface area contributed by atoms with Crippen LogP contribution >= 0.6 is 11.6 Å². The minimum atomic E-state index is -0.640. The first-order chi connectivity index (χ1) is 8.63. The van der Waals surface area contributed by atoms with Gasteiger partial charge in [-0.05, 0) is 37.4 Å². The van der Waals surface area contributed by atoms with Crippen LogP contribution in [0.4, 0.5) is 4.39 Å². The quantitative estimate of drug-likeness (QED) is 0.896. The lowest BCUT2D eigenvalue weighted by Crippen LogP contribution is -2.42. The van der Waals surface area contributed by atoms with Crippen LogP contribution in [0.3, 0.4) is 0 Å². The lowest BCUT2D eigenvalue weighted by molar-refractivity contribution is 0.0673. The molecule has 98 valence electrons. The minimum absolute atomic E-state index is 0.0202. The second kappa shape index (κ2) is 5.67. The molecule has 1 aromatic carbocycles. The molecule has 1 saturated heterocycles. The predicted octanol–water partition coefficient (Wildman–Crippen LogP) is 2.29. The summed E-state index contributed by atoms with van der Waals surface area (Å²) in [6.45, 7) is 1.81. The number of hydrogen-bond donors (Lipinski definition) is 1. The van der Waals surface area contributed by atoms with Crippen molar-refractivity contribution in [1.82, 2.24) is 4.90 Å². The molecule has 0 radical (unpaired) electrons. The Balaban J connectivity index is 2.18. The zero-order valence-corrected chi connectivity index (χ0v) is 10.8. The molecule has 18 heavy (non-hydrogen) atoms. The van der Waals surface area contributed by atoms with Crippen molar-refractivity contribution in [2.24, 2.45) is 11.7 Å². The van der Waals surface area contributed by atoms with Crippen molar-refractivity contribution >= 4 is 17.5 Å². The third-order valence-corrected chi connectivity index (χ3v) is 3.61. The highest BCUT2D eigenvalue weighted by Crippen LogP contribution is 2.22. The van der Waals surface area contributed by atoms with Gasteiger partial charge in [-0.1, -0.05) is 17.7 Å². The van der Waals surface area contributed by atoms with Crippen molar-refractivity contribution in [2.45, 2.75) is 12.8 Å². The Hall–Kier alpha value is -1.13. The van der Waals surface area contributed by atoms with Crippen molar-refractivity contribution in [2.75, 3.05) is 19.6 Å². The van der Waals surface area contributed by atoms with Crippen LogP contribution in [0.2, 0.25) is 5.02 Å². The summed E-state index contributed by atoms with van der Waals surface area (Å²) in [6.07, 6.45) is 1.94. The van der Waals surface area contributed by atoms with Crippen molar-refractivity contribution in [1.29, 1.82) is 0 Å². The van der Waals surface area contributed by atoms with Crippen LogP contribution in [-0.2, 0) is 0 Å². The van der Waals surface area contributed by atoms with E-state index in [9.17, 15) is 9.18 Å². The molecule has 2 N–H and O–H groups in total. The van der Waals surface area contributed by atoms with Gasteiger partial charge >= 0.3 is 0 Å². The number of likely N-dealkylation sites (tertiary alicyclic amines) is 1. The average Bonchev–Trinajstić information content (AvgIpc) is 2.41. The Labute approximate surface area is 111 Å². The van der Waals surface area contributed by atoms with Gasteiger partial charge in [-0.25, -0.2) is 4.39 Å². The molecule has 1 unspecified atom stereocenters. The first-order valence-electron chi connectivity index (χ1n) is 6.07. The fourth-order valence-electron chi connectivity index (χ4n) is 2.28. The van der Waals surface area contributed by atoms with Crippen LogP contribution in [0.15, 0.2) is 18.2 Å². The summed E-state index contributed by atoms with van der Waals surface area (Å²) < 4.78 is 13.8. The molecule has 1 heterocycles. The number of rotatable bonds is 2. The van der Waals surface area contributed by atoms with E-state index >= 15 is 0 Å². The third-order valence-electron chi connectivity index (χ3n) is 3.32. The Bertz CT molecular complexity index is 453. The van der Waals surface area contributed by atoms with Crippen LogP contribution in [0.25, 0.3) is 0 Å². The SMILES string of the molecule is NCC1CCCN(C(=O)c2cccc(Cl)c2F)C1. The Morgan fingerprint density at radius 2 is 2.33 bits per heavy atom. The maximum absolute atomic E-state index is 13.8. The minimum Gasteiger partial charge on any atom is -0.338 e. The largest absolute Gasteiger partial charge is 0.338 e. The summed E-state index contributed by atoms with van der Waals surface area (Å²) in [4.78, 5) is 13.9. The van der Waals surface area contributed by atoms with E-state index in [0.29, 0.717) is 25.6 Å². The standard InChI is InChI=1S/C13H16ClFN2O/c14-11-5-1-4-10(12(11)15)13(18)17-6-2-3-9(7-16)8-17/h1,4-5,9H,2-3,6-8,16H2. The summed E-state index contributed by atoms with van der Waals surface area (Å²) in [7, 11) is 0. The number of piperidine rings is 1. The van der Waals surface area contributed by atoms with Gasteiger partial charge in [0.1, 0.15) is 0 Å². The molecule has 2 rings (SSSR count). The Morgan fingerprint density at radius 3 is 3.06 bits per heavy atom. The van der Waals surface area contributed by atoms with E-state index in [2.05, 4.69) is 0 Å². The molecule has 5 heteroatoms. The molecule has 3 nitrogen and oxygen atoms in total. The van der Waals surface area contributed by atoms with Gasteiger partial charge in [0.15, 0.2) is 5.82 Å². The van der Waals surface area contributed by atoms with E-state index in [1.807, 2.05) is 0 Å². The van der Waals surface area contributed by atoms with Gasteiger partial charge in [0, 0.05) is 13.1 Å². The maximum Gasteiger partial charge on any atom is 0.256 e. The van der Waals surface area contributed by atoms with Gasteiger partial charge < -0.3 is 10.6 Å². The van der Waals surface area contributed by atoms with Crippen LogP contribution in [0.5, 0.6) is 0 Å². The molecule has 1 aromatic rings. The van der Waals surface area contributed by atoms with E-state index in [0.717, 1.165) is 12.8 Å². The van der Waals surface area contributed by atoms with Gasteiger partial charge in [-0.3, -0.25) is 4.79 Å². The monoisotopic (exact) mass is 270 g/mol. The molecule has 1 aliphatic rings. The van der Waals surface area contributed by atoms with Gasteiger partial charge in [0.2, 0.25) is 0 Å². The van der Waals surface area contributed by atoms with E-state index in [-0.39, 0.29) is 16.5 Å². The van der Waals surface area contributed by atoms with Crippen LogP contribution in [0, 0.1) is 11.7 Å². The zero-order valence-electron chi connectivity index (χ0n) is 10.0. The van der Waals surface area contributed by atoms with E-state index in [1.165, 1.54) is 12.1 Å². The molecule has 1 aliphatic heterocycles. The predicted molar refractivity (Wildman–Crippen MR) is 69.1 cm³/mol. The fourth-order valence-corrected chi connectivity index (χ4v) is 2.46. The number of amides is 1. The lowest BCUT2D eigenvalue weighted by atomic mass is 9.97. The van der Waals surface area contributed by atoms with Gasteiger partial charge in [-0.15, -0.1) is 0 Å². The van der Waals surface area contributed by atoms with E-state index in [1.54, 1.807) is 11.0 Å². The number of nitrogens with zero attached hydrogens (tertiary/aromatic N) is 1. The number of benzene rings is 1. The van der Waals surface area contributed by atoms with Gasteiger partial charge in [0.25, 0.3) is 5.91 Å². The van der Waals surface area contributed by atoms with Crippen molar-refractivity contribution in [3.63, 3.8) is 0 Å². The Morgan fingerprint density at radius 1 is 1.56 bits per heavy atom. The second-order valence-corrected chi connectivity index (χ2v) is 5.00. The molecular formula is C13H16ClFN2O. The molecular weight excluding hydrogens is 255 g/mol. The maximum atomic E-state index is 13.8. The molecule has 0 spiro atoms. The van der Waals surface area contributed by atoms with Gasteiger partial charge in [0.05, 0.1) is 10.6 Å². The fraction of sp³-hybridized carbons (Fsp3) is 0.462. The molecule has 0 aliphatic carbocycles. The summed E-state index contributed by atoms with van der Waals surface area (Å²) in [5, 5.41) is -0.0202. The summed E-state index contributed by atoms with van der Waals surface area (Å²) in [5.74, 6) is -0.628. The van der Waals surface area contributed by atoms with Crippen molar-refractivity contribution < 1.29 is 9.18 Å². The Kier molecular flexibility index (Phi) is 4.19. The van der Waals surface area contributed by atoms with Crippen molar-refractivity contribution in [3.8, 4) is 0 Å². The molecule has 1 fully saturated rings. The number of carbonyl (C=O) groups is 1. The van der Waals surface area contributed by atoms with Crippen molar-refractivity contribution in [3.05, 3.63) is 34.6 Å². The average molecular weight is 271 g/mol. The smallest absolute Gasteiger partial charge is 0.256 e. The van der Waals surface area contributed by atoms with Crippen LogP contribution < -0.4 is 5.73 Å². The highest BCUT2D eigenvalue weighted by atomic mass is 35.5. The molecule has 1 amide bonds. The van der Waals surface area contributed by atoms with E-state index in [4.69, 9.17) is 17.3 Å². The molecule has 1 atom stereocenters. The first-order valence-corrected chi connectivity index (χ1v) is 6.44. The first kappa shape index (κ1) is 13.3. The lowest BCUT2D eigenvalue weighted by Gasteiger charge is -2.32. The number of nitrogens with two attached hydrogens (primary N) is 1. The summed E-state index contributed by atoms with van der Waals surface area (Å²) in [5.41, 5.74) is 5.67. The molecule has 0 bridgehead atoms. The van der Waals surface area contributed by atoms with E-state index < -0.39 is 5.82 Å². The topological polar surface area (TPSA) is 46.3 Å². The highest BCUT2D eigenvalue weighted by Gasteiger charge is 2.25. The number of halogens is 2. The second-order valence-electron chi connectivity index (χ2n) is 4.60. The number of hydrogen-bond acceptors (Lipinski definition) is 2. The summed E-state index contributed by atoms with van der Waals surface area (Å²) in [6, 6.07) is 4.49. The zero-order chi connectivity index (χ0) is 13.1. The van der Waals surface area contributed by atoms with Crippen LogP contribution in [0.1, 0.15) is 23.2 Å². The molecule has 0 saturated carbocycles. The highest BCUT2D eigenvalue weighted by molar-refractivity contribution is 6.31. The van der Waals surface area contributed by atoms with Gasteiger partial charge in [-0.2, -0.15) is 0 Å². The number of carbonyl (C=O) groups excluding carboxylic acids is 1. The molecule has 0 aromatic heterocycles.